The summed E-state index contributed by atoms with van der Waals surface area (Å²) < 4.78 is 0. The molecular weight excluding hydrogens is 164 g/mol. The van der Waals surface area contributed by atoms with Crippen LogP contribution in [0.5, 0.6) is 0 Å². The van der Waals surface area contributed by atoms with E-state index >= 15 is 0 Å². The van der Waals surface area contributed by atoms with Crippen molar-refractivity contribution in [1.82, 2.24) is 0 Å². The molecule has 2 rings (SSSR count). The number of hydrogen-bond acceptors (Lipinski definition) is 1. The van der Waals surface area contributed by atoms with Gasteiger partial charge in [0, 0.05) is 9.75 Å². The standard InChI is InChI=1S/C11H12S/c1-9-7-8-11(12-9)10-5-3-2-4-6-10/h3,5-8H,2,4H2,1H3. The number of allylic oxidation sites excluding steroid dienone is 4. The maximum atomic E-state index is 2.32. The minimum absolute atomic E-state index is 1.20. The molecule has 0 fully saturated rings. The molecule has 1 aliphatic carbocycles. The van der Waals surface area contributed by atoms with Gasteiger partial charge in [0.2, 0.25) is 0 Å². The Hall–Kier alpha value is -0.820. The van der Waals surface area contributed by atoms with Crippen LogP contribution < -0.4 is 0 Å². The van der Waals surface area contributed by atoms with Gasteiger partial charge in [-0.05, 0) is 37.5 Å². The zero-order valence-corrected chi connectivity index (χ0v) is 8.03. The van der Waals surface area contributed by atoms with Gasteiger partial charge in [0.25, 0.3) is 0 Å². The van der Waals surface area contributed by atoms with Gasteiger partial charge in [0.1, 0.15) is 0 Å². The van der Waals surface area contributed by atoms with Gasteiger partial charge in [-0.25, -0.2) is 0 Å². The Morgan fingerprint density at radius 2 is 2.17 bits per heavy atom. The topological polar surface area (TPSA) is 0 Å². The lowest BCUT2D eigenvalue weighted by atomic mass is 10.1. The summed E-state index contributed by atoms with van der Waals surface area (Å²) >= 11 is 1.87. The van der Waals surface area contributed by atoms with Crippen molar-refractivity contribution in [3.8, 4) is 0 Å². The van der Waals surface area contributed by atoms with Crippen LogP contribution in [0.3, 0.4) is 0 Å². The fourth-order valence-electron chi connectivity index (χ4n) is 1.39. The first kappa shape index (κ1) is 7.81. The van der Waals surface area contributed by atoms with Gasteiger partial charge in [-0.1, -0.05) is 18.2 Å². The molecule has 62 valence electrons. The van der Waals surface area contributed by atoms with Gasteiger partial charge in [-0.15, -0.1) is 11.3 Å². The monoisotopic (exact) mass is 176 g/mol. The van der Waals surface area contributed by atoms with Crippen LogP contribution in [-0.4, -0.2) is 0 Å². The summed E-state index contributed by atoms with van der Waals surface area (Å²) in [6, 6.07) is 4.39. The van der Waals surface area contributed by atoms with E-state index in [4.69, 9.17) is 0 Å². The van der Waals surface area contributed by atoms with Crippen molar-refractivity contribution in [2.45, 2.75) is 19.8 Å². The van der Waals surface area contributed by atoms with E-state index in [9.17, 15) is 0 Å². The Morgan fingerprint density at radius 1 is 1.25 bits per heavy atom. The molecule has 1 heterocycles. The minimum atomic E-state index is 1.20. The van der Waals surface area contributed by atoms with Gasteiger partial charge < -0.3 is 0 Å². The summed E-state index contributed by atoms with van der Waals surface area (Å²) in [7, 11) is 0. The van der Waals surface area contributed by atoms with Crippen molar-refractivity contribution in [3.05, 3.63) is 40.1 Å². The van der Waals surface area contributed by atoms with Crippen LogP contribution in [0.25, 0.3) is 5.57 Å². The second-order valence-electron chi connectivity index (χ2n) is 3.05. The summed E-state index contributed by atoms with van der Waals surface area (Å²) in [6.45, 7) is 2.15. The lowest BCUT2D eigenvalue weighted by Gasteiger charge is -2.02. The molecule has 0 unspecified atom stereocenters. The SMILES string of the molecule is Cc1ccc(C2=CCCC=C2)s1. The molecule has 0 atom stereocenters. The zero-order valence-electron chi connectivity index (χ0n) is 7.21. The summed E-state index contributed by atoms with van der Waals surface area (Å²) in [5.74, 6) is 0. The lowest BCUT2D eigenvalue weighted by Crippen LogP contribution is -1.80. The Kier molecular flexibility index (Phi) is 2.13. The van der Waals surface area contributed by atoms with Crippen molar-refractivity contribution >= 4 is 16.9 Å². The maximum absolute atomic E-state index is 2.32. The molecule has 1 aromatic rings. The summed E-state index contributed by atoms with van der Waals surface area (Å²) in [5, 5.41) is 0. The molecule has 0 aromatic carbocycles. The summed E-state index contributed by atoms with van der Waals surface area (Å²) in [5.41, 5.74) is 1.40. The lowest BCUT2D eigenvalue weighted by molar-refractivity contribution is 1.04. The highest BCUT2D eigenvalue weighted by Gasteiger charge is 2.02. The van der Waals surface area contributed by atoms with Crippen molar-refractivity contribution in [2.75, 3.05) is 0 Å². The first-order chi connectivity index (χ1) is 5.86. The minimum Gasteiger partial charge on any atom is -0.141 e. The molecule has 0 bridgehead atoms. The average molecular weight is 176 g/mol. The van der Waals surface area contributed by atoms with Gasteiger partial charge in [0.05, 0.1) is 0 Å². The maximum Gasteiger partial charge on any atom is 0.0342 e. The first-order valence-corrected chi connectivity index (χ1v) is 5.11. The molecule has 1 aliphatic rings. The molecular formula is C11H12S. The largest absolute Gasteiger partial charge is 0.141 e. The van der Waals surface area contributed by atoms with E-state index in [-0.39, 0.29) is 0 Å². The second kappa shape index (κ2) is 3.28. The van der Waals surface area contributed by atoms with Crippen molar-refractivity contribution in [3.63, 3.8) is 0 Å². The third kappa shape index (κ3) is 1.51. The van der Waals surface area contributed by atoms with E-state index in [0.717, 1.165) is 0 Å². The van der Waals surface area contributed by atoms with Crippen molar-refractivity contribution in [1.29, 1.82) is 0 Å². The normalized spacial score (nSPS) is 16.2. The second-order valence-corrected chi connectivity index (χ2v) is 4.34. The first-order valence-electron chi connectivity index (χ1n) is 4.30. The Morgan fingerprint density at radius 3 is 2.75 bits per heavy atom. The van der Waals surface area contributed by atoms with E-state index in [1.807, 2.05) is 11.3 Å². The van der Waals surface area contributed by atoms with Gasteiger partial charge >= 0.3 is 0 Å². The van der Waals surface area contributed by atoms with Crippen LogP contribution >= 0.6 is 11.3 Å². The van der Waals surface area contributed by atoms with Gasteiger partial charge in [0.15, 0.2) is 0 Å². The van der Waals surface area contributed by atoms with E-state index in [0.29, 0.717) is 0 Å². The zero-order chi connectivity index (χ0) is 8.39. The Labute approximate surface area is 77.2 Å². The third-order valence-electron chi connectivity index (χ3n) is 2.02. The number of hydrogen-bond donors (Lipinski definition) is 0. The van der Waals surface area contributed by atoms with Crippen LogP contribution in [-0.2, 0) is 0 Å². The molecule has 1 aromatic heterocycles. The average Bonchev–Trinajstić information content (AvgIpc) is 2.54. The van der Waals surface area contributed by atoms with Gasteiger partial charge in [-0.2, -0.15) is 0 Å². The molecule has 0 saturated carbocycles. The predicted molar refractivity (Wildman–Crippen MR) is 55.4 cm³/mol. The van der Waals surface area contributed by atoms with Crippen LogP contribution in [0.1, 0.15) is 22.6 Å². The fourth-order valence-corrected chi connectivity index (χ4v) is 2.27. The molecule has 1 heteroatoms. The molecule has 12 heavy (non-hydrogen) atoms. The Bertz CT molecular complexity index is 329. The van der Waals surface area contributed by atoms with Crippen LogP contribution in [0.15, 0.2) is 30.4 Å². The highest BCUT2D eigenvalue weighted by molar-refractivity contribution is 7.13. The van der Waals surface area contributed by atoms with Crippen molar-refractivity contribution in [2.24, 2.45) is 0 Å². The molecule has 0 amide bonds. The molecule has 0 radical (unpaired) electrons. The van der Waals surface area contributed by atoms with Crippen molar-refractivity contribution < 1.29 is 0 Å². The molecule has 0 spiro atoms. The van der Waals surface area contributed by atoms with E-state index in [2.05, 4.69) is 37.3 Å². The Balaban J connectivity index is 2.30. The summed E-state index contributed by atoms with van der Waals surface area (Å²) in [4.78, 5) is 2.80. The highest BCUT2D eigenvalue weighted by Crippen LogP contribution is 2.27. The number of thiophene rings is 1. The highest BCUT2D eigenvalue weighted by atomic mass is 32.1. The fraction of sp³-hybridized carbons (Fsp3) is 0.273. The summed E-state index contributed by atoms with van der Waals surface area (Å²) in [6.07, 6.45) is 9.21. The predicted octanol–water partition coefficient (Wildman–Crippen LogP) is 3.79. The molecule has 0 N–H and O–H groups in total. The third-order valence-corrected chi connectivity index (χ3v) is 3.07. The van der Waals surface area contributed by atoms with Crippen LogP contribution in [0.4, 0.5) is 0 Å². The molecule has 0 aliphatic heterocycles. The molecule has 0 nitrogen and oxygen atoms in total. The number of rotatable bonds is 1. The van der Waals surface area contributed by atoms with Crippen LogP contribution in [0, 0.1) is 6.92 Å². The van der Waals surface area contributed by atoms with E-state index < -0.39 is 0 Å². The van der Waals surface area contributed by atoms with E-state index in [1.165, 1.54) is 28.2 Å². The molecule has 0 saturated heterocycles. The van der Waals surface area contributed by atoms with E-state index in [1.54, 1.807) is 0 Å². The quantitative estimate of drug-likeness (QED) is 0.610. The van der Waals surface area contributed by atoms with Gasteiger partial charge in [-0.3, -0.25) is 0 Å². The number of aryl methyl sites for hydroxylation is 1. The smallest absolute Gasteiger partial charge is 0.0342 e. The van der Waals surface area contributed by atoms with Crippen LogP contribution in [0.2, 0.25) is 0 Å².